The number of carboxylic acids is 1. The van der Waals surface area contributed by atoms with Gasteiger partial charge in [-0.05, 0) is 47.7 Å². The van der Waals surface area contributed by atoms with E-state index in [4.69, 9.17) is 16.3 Å². The van der Waals surface area contributed by atoms with Crippen LogP contribution in [0.25, 0.3) is 0 Å². The van der Waals surface area contributed by atoms with Crippen LogP contribution in [-0.4, -0.2) is 28.7 Å². The van der Waals surface area contributed by atoms with Crippen molar-refractivity contribution in [1.29, 1.82) is 0 Å². The van der Waals surface area contributed by atoms with E-state index in [1.165, 1.54) is 0 Å². The number of nitrogens with one attached hydrogen (secondary N) is 1. The average molecular weight is 414 g/mol. The number of benzene rings is 2. The summed E-state index contributed by atoms with van der Waals surface area (Å²) in [5.74, 6) is 2.35. The Bertz CT molecular complexity index is 972. The number of carbonyl (C=O) groups is 1. The number of allylic oxidation sites excluding steroid dienone is 2. The highest BCUT2D eigenvalue weighted by Gasteiger charge is 2.41. The Balaban J connectivity index is 1.54. The van der Waals surface area contributed by atoms with Gasteiger partial charge in [0.05, 0.1) is 22.3 Å². The summed E-state index contributed by atoms with van der Waals surface area (Å²) < 4.78 is 6.07. The molecule has 0 radical (unpaired) electrons. The molecular weight excluding hydrogens is 394 g/mol. The van der Waals surface area contributed by atoms with Crippen molar-refractivity contribution in [2.75, 3.05) is 16.8 Å². The highest BCUT2D eigenvalue weighted by atomic mass is 35.5. The summed E-state index contributed by atoms with van der Waals surface area (Å²) in [5.41, 5.74) is 3.01. The summed E-state index contributed by atoms with van der Waals surface area (Å²) >= 11 is 8.38. The first-order valence-corrected chi connectivity index (χ1v) is 11.0. The van der Waals surface area contributed by atoms with Gasteiger partial charge in [-0.25, -0.2) is 4.79 Å². The minimum atomic E-state index is -0.916. The molecule has 4 nitrogen and oxygen atoms in total. The number of hydrogen-bond donors (Lipinski definition) is 2. The van der Waals surface area contributed by atoms with Crippen LogP contribution < -0.4 is 10.1 Å². The van der Waals surface area contributed by atoms with Gasteiger partial charge >= 0.3 is 5.97 Å². The number of hydrogen-bond acceptors (Lipinski definition) is 4. The molecule has 1 fully saturated rings. The third-order valence-corrected chi connectivity index (χ3v) is 7.36. The summed E-state index contributed by atoms with van der Waals surface area (Å²) in [5, 5.41) is 13.8. The SMILES string of the molecule is O=C(O)c1ccc(Cl)c2c1[C@@H]1C=CC[C@H]1[C@@H](c1cccc(OC3CSC3)c1)N2. The van der Waals surface area contributed by atoms with Gasteiger partial charge in [0.25, 0.3) is 0 Å². The van der Waals surface area contributed by atoms with Crippen LogP contribution >= 0.6 is 23.4 Å². The van der Waals surface area contributed by atoms with Gasteiger partial charge in [-0.15, -0.1) is 0 Å². The zero-order valence-corrected chi connectivity index (χ0v) is 16.7. The molecule has 0 bridgehead atoms. The van der Waals surface area contributed by atoms with Gasteiger partial charge in [0.15, 0.2) is 0 Å². The second-order valence-corrected chi connectivity index (χ2v) is 9.00. The monoisotopic (exact) mass is 413 g/mol. The standard InChI is InChI=1S/C22H20ClNO3S/c23-18-8-7-17(22(25)26)19-15-5-2-6-16(15)20(24-21(18)19)12-3-1-4-13(9-12)27-14-10-28-11-14/h1-5,7-9,14-16,20,24H,6,10-11H2,(H,25,26)/t15-,16-,20-/m1/s1. The molecule has 2 heterocycles. The van der Waals surface area contributed by atoms with Crippen molar-refractivity contribution < 1.29 is 14.6 Å². The summed E-state index contributed by atoms with van der Waals surface area (Å²) in [6.45, 7) is 0. The molecule has 5 rings (SSSR count). The molecule has 0 aromatic heterocycles. The van der Waals surface area contributed by atoms with Crippen molar-refractivity contribution in [2.24, 2.45) is 5.92 Å². The average Bonchev–Trinajstić information content (AvgIpc) is 3.14. The Hall–Kier alpha value is -2.11. The van der Waals surface area contributed by atoms with E-state index in [2.05, 4.69) is 29.6 Å². The van der Waals surface area contributed by atoms with Crippen LogP contribution in [0.2, 0.25) is 5.02 Å². The summed E-state index contributed by atoms with van der Waals surface area (Å²) in [7, 11) is 0. The van der Waals surface area contributed by atoms with Gasteiger partial charge in [-0.2, -0.15) is 11.8 Å². The van der Waals surface area contributed by atoms with Crippen molar-refractivity contribution in [2.45, 2.75) is 24.5 Å². The smallest absolute Gasteiger partial charge is 0.336 e. The quantitative estimate of drug-likeness (QED) is 0.661. The molecule has 28 heavy (non-hydrogen) atoms. The maximum Gasteiger partial charge on any atom is 0.336 e. The summed E-state index contributed by atoms with van der Waals surface area (Å²) in [6.07, 6.45) is 5.48. The van der Waals surface area contributed by atoms with E-state index in [1.54, 1.807) is 12.1 Å². The van der Waals surface area contributed by atoms with Crippen LogP contribution in [0.15, 0.2) is 48.6 Å². The van der Waals surface area contributed by atoms with Gasteiger partial charge in [-0.3, -0.25) is 0 Å². The molecule has 2 aromatic carbocycles. The van der Waals surface area contributed by atoms with Crippen LogP contribution in [-0.2, 0) is 0 Å². The first kappa shape index (κ1) is 18.0. The van der Waals surface area contributed by atoms with Crippen molar-refractivity contribution >= 4 is 35.0 Å². The Morgan fingerprint density at radius 1 is 1.25 bits per heavy atom. The number of ether oxygens (including phenoxy) is 1. The van der Waals surface area contributed by atoms with E-state index in [-0.39, 0.29) is 17.9 Å². The maximum atomic E-state index is 11.8. The molecule has 3 atom stereocenters. The maximum absolute atomic E-state index is 11.8. The molecular formula is C22H20ClNO3S. The van der Waals surface area contributed by atoms with E-state index in [0.717, 1.165) is 40.5 Å². The van der Waals surface area contributed by atoms with E-state index in [9.17, 15) is 9.90 Å². The predicted octanol–water partition coefficient (Wildman–Crippen LogP) is 5.36. The molecule has 0 spiro atoms. The predicted molar refractivity (Wildman–Crippen MR) is 113 cm³/mol. The summed E-state index contributed by atoms with van der Waals surface area (Å²) in [6, 6.07) is 11.6. The second kappa shape index (κ2) is 7.05. The van der Waals surface area contributed by atoms with E-state index in [0.29, 0.717) is 16.7 Å². The molecule has 3 aliphatic rings. The Morgan fingerprint density at radius 2 is 2.11 bits per heavy atom. The minimum absolute atomic E-state index is 0.0404. The third-order valence-electron chi connectivity index (χ3n) is 5.83. The Morgan fingerprint density at radius 3 is 2.86 bits per heavy atom. The van der Waals surface area contributed by atoms with Crippen molar-refractivity contribution in [3.05, 3.63) is 70.3 Å². The van der Waals surface area contributed by atoms with Crippen LogP contribution in [0, 0.1) is 5.92 Å². The molecule has 2 N–H and O–H groups in total. The number of carboxylic acid groups (broad SMARTS) is 1. The van der Waals surface area contributed by atoms with E-state index in [1.807, 2.05) is 23.9 Å². The Kier molecular flexibility index (Phi) is 4.52. The van der Waals surface area contributed by atoms with Crippen LogP contribution in [0.3, 0.4) is 0 Å². The fourth-order valence-corrected chi connectivity index (χ4v) is 5.23. The third kappa shape index (κ3) is 2.97. The van der Waals surface area contributed by atoms with Gasteiger partial charge in [0, 0.05) is 17.4 Å². The van der Waals surface area contributed by atoms with Crippen LogP contribution in [0.5, 0.6) is 5.75 Å². The normalized spacial score (nSPS) is 25.4. The first-order valence-electron chi connectivity index (χ1n) is 9.45. The number of fused-ring (bicyclic) bond motifs is 3. The highest BCUT2D eigenvalue weighted by Crippen LogP contribution is 2.52. The molecule has 6 heteroatoms. The van der Waals surface area contributed by atoms with Gasteiger partial charge < -0.3 is 15.2 Å². The lowest BCUT2D eigenvalue weighted by Gasteiger charge is -2.38. The topological polar surface area (TPSA) is 58.6 Å². The first-order chi connectivity index (χ1) is 13.6. The van der Waals surface area contributed by atoms with E-state index < -0.39 is 5.97 Å². The fraction of sp³-hybridized carbons (Fsp3) is 0.318. The molecule has 0 amide bonds. The largest absolute Gasteiger partial charge is 0.489 e. The lowest BCUT2D eigenvalue weighted by molar-refractivity contribution is 0.0695. The van der Waals surface area contributed by atoms with Gasteiger partial charge in [0.1, 0.15) is 11.9 Å². The number of thioether (sulfide) groups is 1. The molecule has 0 unspecified atom stereocenters. The fourth-order valence-electron chi connectivity index (χ4n) is 4.45. The second-order valence-electron chi connectivity index (χ2n) is 7.51. The number of aromatic carboxylic acids is 1. The molecule has 144 valence electrons. The van der Waals surface area contributed by atoms with Crippen molar-refractivity contribution in [1.82, 2.24) is 0 Å². The molecule has 2 aliphatic heterocycles. The van der Waals surface area contributed by atoms with Gasteiger partial charge in [-0.1, -0.05) is 35.9 Å². The number of halogens is 1. The molecule has 2 aromatic rings. The van der Waals surface area contributed by atoms with Crippen molar-refractivity contribution in [3.63, 3.8) is 0 Å². The zero-order valence-electron chi connectivity index (χ0n) is 15.1. The van der Waals surface area contributed by atoms with Crippen LogP contribution in [0.1, 0.15) is 39.9 Å². The lowest BCUT2D eigenvalue weighted by Crippen LogP contribution is -2.32. The molecule has 1 aliphatic carbocycles. The summed E-state index contributed by atoms with van der Waals surface area (Å²) in [4.78, 5) is 11.8. The zero-order chi connectivity index (χ0) is 19.3. The Labute approximate surface area is 172 Å². The number of rotatable bonds is 4. The van der Waals surface area contributed by atoms with E-state index >= 15 is 0 Å². The van der Waals surface area contributed by atoms with Crippen LogP contribution in [0.4, 0.5) is 5.69 Å². The van der Waals surface area contributed by atoms with Gasteiger partial charge in [0.2, 0.25) is 0 Å². The minimum Gasteiger partial charge on any atom is -0.489 e. The number of anilines is 1. The highest BCUT2D eigenvalue weighted by molar-refractivity contribution is 8.00. The van der Waals surface area contributed by atoms with Crippen molar-refractivity contribution in [3.8, 4) is 5.75 Å². The molecule has 0 saturated carbocycles. The lowest BCUT2D eigenvalue weighted by atomic mass is 9.75. The molecule has 1 saturated heterocycles.